The van der Waals surface area contributed by atoms with Crippen LogP contribution in [0.25, 0.3) is 0 Å². The van der Waals surface area contributed by atoms with E-state index >= 15 is 0 Å². The van der Waals surface area contributed by atoms with Gasteiger partial charge in [-0.2, -0.15) is 5.10 Å². The van der Waals surface area contributed by atoms with Gasteiger partial charge in [0.15, 0.2) is 0 Å². The summed E-state index contributed by atoms with van der Waals surface area (Å²) >= 11 is 0. The number of hydrogen-bond acceptors (Lipinski definition) is 3. The fraction of sp³-hybridized carbons (Fsp3) is 0.727. The van der Waals surface area contributed by atoms with Gasteiger partial charge in [0.05, 0.1) is 5.69 Å². The van der Waals surface area contributed by atoms with E-state index in [2.05, 4.69) is 22.7 Å². The van der Waals surface area contributed by atoms with E-state index in [4.69, 9.17) is 0 Å². The fourth-order valence-electron chi connectivity index (χ4n) is 2.24. The molecule has 0 bridgehead atoms. The van der Waals surface area contributed by atoms with Crippen molar-refractivity contribution in [3.05, 3.63) is 5.69 Å². The van der Waals surface area contributed by atoms with Crippen molar-refractivity contribution in [3.8, 4) is 0 Å². The van der Waals surface area contributed by atoms with Gasteiger partial charge in [-0.05, 0) is 19.3 Å². The zero-order chi connectivity index (χ0) is 10.8. The van der Waals surface area contributed by atoms with Crippen LogP contribution in [0.5, 0.6) is 0 Å². The van der Waals surface area contributed by atoms with Crippen molar-refractivity contribution in [2.75, 3.05) is 23.7 Å². The third-order valence-corrected chi connectivity index (χ3v) is 3.04. The Kier molecular flexibility index (Phi) is 2.84. The van der Waals surface area contributed by atoms with Crippen molar-refractivity contribution in [2.24, 2.45) is 13.0 Å². The van der Waals surface area contributed by atoms with Gasteiger partial charge in [0.2, 0.25) is 0 Å². The van der Waals surface area contributed by atoms with E-state index in [9.17, 15) is 0 Å². The number of anilines is 2. The Hall–Kier alpha value is -1.19. The number of aromatic nitrogens is 2. The normalized spacial score (nSPS) is 20.1. The van der Waals surface area contributed by atoms with Crippen molar-refractivity contribution in [1.29, 1.82) is 0 Å². The SMILES string of the molecule is CCCC1CNc2c(C)nn(C)c2NC1. The predicted octanol–water partition coefficient (Wildman–Crippen LogP) is 1.98. The molecule has 2 heterocycles. The second kappa shape index (κ2) is 4.13. The van der Waals surface area contributed by atoms with E-state index in [1.54, 1.807) is 0 Å². The van der Waals surface area contributed by atoms with E-state index < -0.39 is 0 Å². The summed E-state index contributed by atoms with van der Waals surface area (Å²) in [5.74, 6) is 1.85. The number of fused-ring (bicyclic) bond motifs is 1. The molecule has 2 N–H and O–H groups in total. The summed E-state index contributed by atoms with van der Waals surface area (Å²) < 4.78 is 1.92. The number of hydrogen-bond donors (Lipinski definition) is 2. The largest absolute Gasteiger partial charge is 0.380 e. The lowest BCUT2D eigenvalue weighted by Crippen LogP contribution is -2.19. The Balaban J connectivity index is 2.15. The third kappa shape index (κ3) is 1.94. The topological polar surface area (TPSA) is 41.9 Å². The summed E-state index contributed by atoms with van der Waals surface area (Å²) in [6, 6.07) is 0. The highest BCUT2D eigenvalue weighted by molar-refractivity contribution is 5.68. The van der Waals surface area contributed by atoms with Crippen LogP contribution >= 0.6 is 0 Å². The molecule has 0 fully saturated rings. The smallest absolute Gasteiger partial charge is 0.147 e. The molecule has 1 aliphatic heterocycles. The first-order valence-corrected chi connectivity index (χ1v) is 5.73. The van der Waals surface area contributed by atoms with Crippen LogP contribution in [-0.4, -0.2) is 22.9 Å². The van der Waals surface area contributed by atoms with Gasteiger partial charge >= 0.3 is 0 Å². The van der Waals surface area contributed by atoms with Crippen molar-refractivity contribution in [2.45, 2.75) is 26.7 Å². The summed E-state index contributed by atoms with van der Waals surface area (Å²) in [5, 5.41) is 11.4. The van der Waals surface area contributed by atoms with Crippen LogP contribution in [0.15, 0.2) is 0 Å². The zero-order valence-corrected chi connectivity index (χ0v) is 9.80. The molecule has 0 spiro atoms. The minimum Gasteiger partial charge on any atom is -0.380 e. The second-order valence-corrected chi connectivity index (χ2v) is 4.35. The molecule has 0 aliphatic carbocycles. The van der Waals surface area contributed by atoms with Crippen LogP contribution in [-0.2, 0) is 7.05 Å². The summed E-state index contributed by atoms with van der Waals surface area (Å²) in [7, 11) is 1.99. The number of nitrogens with one attached hydrogen (secondary N) is 2. The van der Waals surface area contributed by atoms with E-state index in [-0.39, 0.29) is 0 Å². The molecule has 1 aromatic heterocycles. The third-order valence-electron chi connectivity index (χ3n) is 3.04. The van der Waals surface area contributed by atoms with Crippen molar-refractivity contribution in [1.82, 2.24) is 9.78 Å². The molecule has 15 heavy (non-hydrogen) atoms. The first-order valence-electron chi connectivity index (χ1n) is 5.73. The maximum atomic E-state index is 4.40. The first-order chi connectivity index (χ1) is 7.22. The van der Waals surface area contributed by atoms with Crippen molar-refractivity contribution in [3.63, 3.8) is 0 Å². The molecule has 0 saturated carbocycles. The summed E-state index contributed by atoms with van der Waals surface area (Å²) in [6.07, 6.45) is 2.53. The lowest BCUT2D eigenvalue weighted by molar-refractivity contribution is 0.529. The molecule has 1 unspecified atom stereocenters. The average molecular weight is 208 g/mol. The van der Waals surface area contributed by atoms with Crippen LogP contribution in [0, 0.1) is 12.8 Å². The molecule has 0 aromatic carbocycles. The highest BCUT2D eigenvalue weighted by Crippen LogP contribution is 2.28. The number of rotatable bonds is 2. The molecule has 0 radical (unpaired) electrons. The standard InChI is InChI=1S/C11H20N4/c1-4-5-9-6-12-10-8(2)14-15(3)11(10)13-7-9/h9,12-13H,4-7H2,1-3H3. The highest BCUT2D eigenvalue weighted by atomic mass is 15.3. The maximum absolute atomic E-state index is 4.40. The number of aryl methyl sites for hydroxylation is 2. The maximum Gasteiger partial charge on any atom is 0.147 e. The Morgan fingerprint density at radius 2 is 2.13 bits per heavy atom. The monoisotopic (exact) mass is 208 g/mol. The molecule has 2 rings (SSSR count). The van der Waals surface area contributed by atoms with Gasteiger partial charge in [-0.3, -0.25) is 4.68 Å². The first kappa shape index (κ1) is 10.3. The molecule has 1 atom stereocenters. The van der Waals surface area contributed by atoms with Crippen LogP contribution in [0.1, 0.15) is 25.5 Å². The Labute approximate surface area is 91.1 Å². The fourth-order valence-corrected chi connectivity index (χ4v) is 2.24. The Morgan fingerprint density at radius 3 is 2.87 bits per heavy atom. The molecule has 1 aromatic rings. The Morgan fingerprint density at radius 1 is 1.40 bits per heavy atom. The molecule has 0 amide bonds. The molecule has 0 saturated heterocycles. The van der Waals surface area contributed by atoms with Crippen LogP contribution in [0.3, 0.4) is 0 Å². The van der Waals surface area contributed by atoms with E-state index in [0.717, 1.165) is 30.5 Å². The van der Waals surface area contributed by atoms with E-state index in [1.165, 1.54) is 18.5 Å². The minimum atomic E-state index is 0.724. The zero-order valence-electron chi connectivity index (χ0n) is 9.80. The van der Waals surface area contributed by atoms with Crippen molar-refractivity contribution >= 4 is 11.5 Å². The summed E-state index contributed by atoms with van der Waals surface area (Å²) in [6.45, 7) is 6.39. The quantitative estimate of drug-likeness (QED) is 0.781. The van der Waals surface area contributed by atoms with E-state index in [1.807, 2.05) is 18.7 Å². The Bertz CT molecular complexity index is 314. The minimum absolute atomic E-state index is 0.724. The average Bonchev–Trinajstić information content (AvgIpc) is 2.40. The second-order valence-electron chi connectivity index (χ2n) is 4.35. The number of nitrogens with zero attached hydrogens (tertiary/aromatic N) is 2. The lowest BCUT2D eigenvalue weighted by Gasteiger charge is -2.13. The molecule has 4 nitrogen and oxygen atoms in total. The van der Waals surface area contributed by atoms with Gasteiger partial charge in [0.1, 0.15) is 11.5 Å². The van der Waals surface area contributed by atoms with Gasteiger partial charge in [-0.1, -0.05) is 13.3 Å². The predicted molar refractivity (Wildman–Crippen MR) is 63.3 cm³/mol. The van der Waals surface area contributed by atoms with Gasteiger partial charge in [0.25, 0.3) is 0 Å². The van der Waals surface area contributed by atoms with Gasteiger partial charge < -0.3 is 10.6 Å². The molecular formula is C11H20N4. The van der Waals surface area contributed by atoms with Gasteiger partial charge in [-0.25, -0.2) is 0 Å². The molecule has 84 valence electrons. The van der Waals surface area contributed by atoms with Crippen molar-refractivity contribution < 1.29 is 0 Å². The molecule has 1 aliphatic rings. The van der Waals surface area contributed by atoms with Crippen LogP contribution in [0.2, 0.25) is 0 Å². The summed E-state index contributed by atoms with van der Waals surface area (Å²) in [4.78, 5) is 0. The lowest BCUT2D eigenvalue weighted by atomic mass is 10.0. The van der Waals surface area contributed by atoms with E-state index in [0.29, 0.717) is 0 Å². The van der Waals surface area contributed by atoms with Gasteiger partial charge in [0, 0.05) is 20.1 Å². The molecule has 4 heteroatoms. The highest BCUT2D eigenvalue weighted by Gasteiger charge is 2.19. The van der Waals surface area contributed by atoms with Gasteiger partial charge in [-0.15, -0.1) is 0 Å². The molecular weight excluding hydrogens is 188 g/mol. The summed E-state index contributed by atoms with van der Waals surface area (Å²) in [5.41, 5.74) is 2.26. The van der Waals surface area contributed by atoms with Crippen LogP contribution in [0.4, 0.5) is 11.5 Å². The van der Waals surface area contributed by atoms with Crippen LogP contribution < -0.4 is 10.6 Å².